The molecular weight excluding hydrogens is 251 g/mol. The number of hydrogen-bond donors (Lipinski definition) is 0. The van der Waals surface area contributed by atoms with E-state index in [2.05, 4.69) is 12.0 Å². The molecule has 0 aromatic heterocycles. The van der Waals surface area contributed by atoms with Crippen LogP contribution in [0.2, 0.25) is 5.02 Å². The lowest BCUT2D eigenvalue weighted by molar-refractivity contribution is 0.371. The predicted molar refractivity (Wildman–Crippen MR) is 70.0 cm³/mol. The van der Waals surface area contributed by atoms with E-state index in [1.807, 2.05) is 6.07 Å². The highest BCUT2D eigenvalue weighted by molar-refractivity contribution is 6.33. The molecule has 2 aromatic rings. The second-order valence-electron chi connectivity index (χ2n) is 3.53. The monoisotopic (exact) mass is 259 g/mol. The van der Waals surface area contributed by atoms with Gasteiger partial charge in [-0.1, -0.05) is 35.7 Å². The summed E-state index contributed by atoms with van der Waals surface area (Å²) in [5, 5.41) is 0.320. The van der Waals surface area contributed by atoms with Gasteiger partial charge in [0.1, 0.15) is 18.2 Å². The predicted octanol–water partition coefficient (Wildman–Crippen LogP) is 3.96. The van der Waals surface area contributed by atoms with Crippen molar-refractivity contribution in [2.45, 2.75) is 0 Å². The molecule has 0 atom stereocenters. The molecule has 1 nitrogen and oxygen atoms in total. The maximum absolute atomic E-state index is 13.0. The summed E-state index contributed by atoms with van der Waals surface area (Å²) in [6.07, 6.45) is 5.15. The molecule has 0 saturated carbocycles. The van der Waals surface area contributed by atoms with Crippen LogP contribution in [-0.2, 0) is 0 Å². The quantitative estimate of drug-likeness (QED) is 0.758. The van der Waals surface area contributed by atoms with Gasteiger partial charge in [-0.3, -0.25) is 0 Å². The van der Waals surface area contributed by atoms with Gasteiger partial charge in [-0.2, -0.15) is 0 Å². The highest BCUT2D eigenvalue weighted by atomic mass is 35.5. The van der Waals surface area contributed by atoms with Crippen molar-refractivity contribution < 1.29 is 9.13 Å². The van der Waals surface area contributed by atoms with E-state index < -0.39 is 0 Å². The lowest BCUT2D eigenvalue weighted by Gasteiger charge is -2.10. The Morgan fingerprint density at radius 3 is 2.89 bits per heavy atom. The Kier molecular flexibility index (Phi) is 3.86. The number of hydrogen-bond acceptors (Lipinski definition) is 1. The van der Waals surface area contributed by atoms with E-state index in [9.17, 15) is 4.39 Å². The van der Waals surface area contributed by atoms with Gasteiger partial charge in [-0.05, 0) is 18.2 Å². The van der Waals surface area contributed by atoms with Gasteiger partial charge in [0.25, 0.3) is 0 Å². The van der Waals surface area contributed by atoms with Crippen LogP contribution in [0.1, 0.15) is 0 Å². The van der Waals surface area contributed by atoms with Crippen molar-refractivity contribution in [2.24, 2.45) is 0 Å². The Morgan fingerprint density at radius 1 is 1.33 bits per heavy atom. The van der Waals surface area contributed by atoms with Crippen molar-refractivity contribution >= 4 is 11.6 Å². The summed E-state index contributed by atoms with van der Waals surface area (Å²) in [7, 11) is 0. The summed E-state index contributed by atoms with van der Waals surface area (Å²) in [4.78, 5) is 0. The van der Waals surface area contributed by atoms with Crippen LogP contribution in [-0.4, -0.2) is 6.61 Å². The van der Waals surface area contributed by atoms with Gasteiger partial charge in [0.2, 0.25) is 0 Å². The fraction of sp³-hybridized carbons (Fsp3) is 0.0667. The summed E-state index contributed by atoms with van der Waals surface area (Å²) in [5.74, 6) is 2.51. The van der Waals surface area contributed by atoms with Crippen molar-refractivity contribution in [2.75, 3.05) is 6.61 Å². The first-order valence-electron chi connectivity index (χ1n) is 5.25. The lowest BCUT2D eigenvalue weighted by atomic mass is 10.0. The van der Waals surface area contributed by atoms with Crippen molar-refractivity contribution in [3.8, 4) is 29.2 Å². The molecule has 0 unspecified atom stereocenters. The van der Waals surface area contributed by atoms with Gasteiger partial charge in [0.15, 0.2) is 0 Å². The molecule has 18 heavy (non-hydrogen) atoms. The van der Waals surface area contributed by atoms with Crippen molar-refractivity contribution in [3.05, 3.63) is 53.3 Å². The van der Waals surface area contributed by atoms with E-state index >= 15 is 0 Å². The van der Waals surface area contributed by atoms with E-state index in [4.69, 9.17) is 22.8 Å². The van der Waals surface area contributed by atoms with Crippen LogP contribution < -0.4 is 4.74 Å². The fourth-order valence-corrected chi connectivity index (χ4v) is 1.84. The van der Waals surface area contributed by atoms with Crippen LogP contribution in [0.5, 0.6) is 5.75 Å². The van der Waals surface area contributed by atoms with Gasteiger partial charge in [-0.25, -0.2) is 4.39 Å². The SMILES string of the molecule is C#CCOc1[c]cccc1-c1ccc(F)cc1Cl. The molecule has 3 heteroatoms. The number of benzene rings is 2. The van der Waals surface area contributed by atoms with E-state index in [-0.39, 0.29) is 12.4 Å². The smallest absolute Gasteiger partial charge is 0.148 e. The normalized spacial score (nSPS) is 9.83. The molecule has 0 N–H and O–H groups in total. The zero-order valence-corrected chi connectivity index (χ0v) is 10.2. The number of rotatable bonds is 3. The van der Waals surface area contributed by atoms with Gasteiger partial charge in [0.05, 0.1) is 5.02 Å². The number of ether oxygens (including phenoxy) is 1. The molecule has 89 valence electrons. The highest BCUT2D eigenvalue weighted by Gasteiger charge is 2.10. The summed E-state index contributed by atoms with van der Waals surface area (Å²) in [5.41, 5.74) is 1.42. The van der Waals surface area contributed by atoms with Gasteiger partial charge in [0, 0.05) is 17.2 Å². The molecule has 0 saturated heterocycles. The molecule has 0 bridgehead atoms. The molecule has 1 radical (unpaired) electrons. The first-order valence-corrected chi connectivity index (χ1v) is 5.62. The Labute approximate surface area is 110 Å². The third-order valence-corrected chi connectivity index (χ3v) is 2.65. The molecule has 0 spiro atoms. The van der Waals surface area contributed by atoms with E-state index in [1.54, 1.807) is 18.2 Å². The topological polar surface area (TPSA) is 9.23 Å². The van der Waals surface area contributed by atoms with Gasteiger partial charge < -0.3 is 4.74 Å². The zero-order valence-electron chi connectivity index (χ0n) is 9.41. The molecule has 0 aliphatic rings. The minimum atomic E-state index is -0.380. The van der Waals surface area contributed by atoms with Crippen LogP contribution in [0.15, 0.2) is 36.4 Å². The first kappa shape index (κ1) is 12.5. The minimum Gasteiger partial charge on any atom is -0.480 e. The van der Waals surface area contributed by atoms with Crippen molar-refractivity contribution in [1.29, 1.82) is 0 Å². The average molecular weight is 260 g/mol. The zero-order chi connectivity index (χ0) is 13.0. The minimum absolute atomic E-state index is 0.145. The van der Waals surface area contributed by atoms with Crippen LogP contribution >= 0.6 is 11.6 Å². The number of halogens is 2. The molecule has 0 heterocycles. The van der Waals surface area contributed by atoms with E-state index in [0.29, 0.717) is 16.3 Å². The molecular formula is C15H9ClFO. The second kappa shape index (κ2) is 5.57. The molecule has 0 amide bonds. The van der Waals surface area contributed by atoms with E-state index in [0.717, 1.165) is 5.56 Å². The van der Waals surface area contributed by atoms with Crippen molar-refractivity contribution in [3.63, 3.8) is 0 Å². The van der Waals surface area contributed by atoms with Gasteiger partial charge in [-0.15, -0.1) is 6.42 Å². The second-order valence-corrected chi connectivity index (χ2v) is 3.94. The van der Waals surface area contributed by atoms with Crippen LogP contribution in [0.4, 0.5) is 4.39 Å². The standard InChI is InChI=1S/C15H9ClFO/c1-2-9-18-15-6-4-3-5-13(15)12-8-7-11(17)10-14(12)16/h1,3-5,7-8,10H,9H2. The third kappa shape index (κ3) is 2.64. The molecule has 0 aliphatic carbocycles. The number of terminal acetylenes is 1. The fourth-order valence-electron chi connectivity index (χ4n) is 1.57. The maximum atomic E-state index is 13.0. The summed E-state index contributed by atoms with van der Waals surface area (Å²) in [6, 6.07) is 12.5. The molecule has 2 rings (SSSR count). The van der Waals surface area contributed by atoms with Crippen LogP contribution in [0, 0.1) is 24.2 Å². The molecule has 2 aromatic carbocycles. The summed E-state index contributed by atoms with van der Waals surface area (Å²) < 4.78 is 18.4. The lowest BCUT2D eigenvalue weighted by Crippen LogP contribution is -1.96. The first-order chi connectivity index (χ1) is 8.72. The van der Waals surface area contributed by atoms with E-state index in [1.165, 1.54) is 12.1 Å². The highest BCUT2D eigenvalue weighted by Crippen LogP contribution is 2.34. The average Bonchev–Trinajstić information content (AvgIpc) is 2.37. The number of para-hydroxylation sites is 1. The Bertz CT molecular complexity index is 602. The van der Waals surface area contributed by atoms with Gasteiger partial charge >= 0.3 is 0 Å². The van der Waals surface area contributed by atoms with Crippen LogP contribution in [0.3, 0.4) is 0 Å². The Balaban J connectivity index is 2.47. The maximum Gasteiger partial charge on any atom is 0.148 e. The Morgan fingerprint density at radius 2 is 2.17 bits per heavy atom. The largest absolute Gasteiger partial charge is 0.480 e. The Hall–Kier alpha value is -1.98. The van der Waals surface area contributed by atoms with Crippen molar-refractivity contribution in [1.82, 2.24) is 0 Å². The summed E-state index contributed by atoms with van der Waals surface area (Å²) >= 11 is 6.02. The van der Waals surface area contributed by atoms with Crippen LogP contribution in [0.25, 0.3) is 11.1 Å². The molecule has 0 aliphatic heterocycles. The third-order valence-electron chi connectivity index (χ3n) is 2.34. The summed E-state index contributed by atoms with van der Waals surface area (Å²) in [6.45, 7) is 0.145. The molecule has 0 fully saturated rings.